The van der Waals surface area contributed by atoms with E-state index in [1.807, 2.05) is 16.7 Å². The fourth-order valence-electron chi connectivity index (χ4n) is 2.52. The summed E-state index contributed by atoms with van der Waals surface area (Å²) in [5, 5.41) is 18.5. The van der Waals surface area contributed by atoms with E-state index >= 15 is 0 Å². The molecule has 4 N–H and O–H groups in total. The molecule has 1 aromatic heterocycles. The minimum Gasteiger partial charge on any atom is -0.478 e. The van der Waals surface area contributed by atoms with E-state index in [0.717, 1.165) is 28.2 Å². The molecule has 0 bridgehead atoms. The van der Waals surface area contributed by atoms with Gasteiger partial charge in [-0.05, 0) is 48.0 Å². The van der Waals surface area contributed by atoms with E-state index in [9.17, 15) is 9.59 Å². The van der Waals surface area contributed by atoms with Crippen LogP contribution in [0.1, 0.15) is 15.9 Å². The van der Waals surface area contributed by atoms with Gasteiger partial charge in [-0.15, -0.1) is 0 Å². The lowest BCUT2D eigenvalue weighted by molar-refractivity contribution is -0.131. The number of rotatable bonds is 4. The normalized spacial score (nSPS) is 11.2. The summed E-state index contributed by atoms with van der Waals surface area (Å²) in [4.78, 5) is 21.5. The maximum absolute atomic E-state index is 10.9. The second-order valence-corrected chi connectivity index (χ2v) is 5.25. The van der Waals surface area contributed by atoms with Gasteiger partial charge < -0.3 is 20.5 Å². The number of aromatic carboxylic acids is 1. The van der Waals surface area contributed by atoms with Gasteiger partial charge in [-0.1, -0.05) is 6.07 Å². The molecule has 24 heavy (non-hydrogen) atoms. The van der Waals surface area contributed by atoms with Gasteiger partial charge >= 0.3 is 11.9 Å². The largest absolute Gasteiger partial charge is 0.478 e. The molecule has 0 amide bonds. The first kappa shape index (κ1) is 15.4. The monoisotopic (exact) mass is 322 g/mol. The van der Waals surface area contributed by atoms with Crippen LogP contribution in [0.15, 0.2) is 54.7 Å². The summed E-state index contributed by atoms with van der Waals surface area (Å²) in [6.45, 7) is 0. The number of nitrogen functional groups attached to an aromatic ring is 1. The van der Waals surface area contributed by atoms with Gasteiger partial charge in [0.25, 0.3) is 0 Å². The summed E-state index contributed by atoms with van der Waals surface area (Å²) in [6, 6.07) is 11.9. The summed E-state index contributed by atoms with van der Waals surface area (Å²) in [5.41, 5.74) is 9.20. The molecule has 3 rings (SSSR count). The average molecular weight is 322 g/mol. The van der Waals surface area contributed by atoms with E-state index in [1.165, 1.54) is 18.2 Å². The maximum atomic E-state index is 10.9. The topological polar surface area (TPSA) is 106 Å². The van der Waals surface area contributed by atoms with Crippen LogP contribution in [-0.2, 0) is 4.79 Å². The van der Waals surface area contributed by atoms with Crippen molar-refractivity contribution in [2.24, 2.45) is 0 Å². The summed E-state index contributed by atoms with van der Waals surface area (Å²) in [7, 11) is 0. The second-order valence-electron chi connectivity index (χ2n) is 5.25. The number of carboxylic acids is 2. The van der Waals surface area contributed by atoms with Gasteiger partial charge in [0, 0.05) is 23.3 Å². The fourth-order valence-corrected chi connectivity index (χ4v) is 2.52. The van der Waals surface area contributed by atoms with Crippen molar-refractivity contribution in [3.8, 4) is 5.69 Å². The lowest BCUT2D eigenvalue weighted by Crippen LogP contribution is -1.97. The van der Waals surface area contributed by atoms with Crippen molar-refractivity contribution < 1.29 is 19.8 Å². The Hall–Kier alpha value is -3.54. The summed E-state index contributed by atoms with van der Waals surface area (Å²) < 4.78 is 1.86. The highest BCUT2D eigenvalue weighted by atomic mass is 16.4. The van der Waals surface area contributed by atoms with Crippen molar-refractivity contribution in [2.45, 2.75) is 0 Å². The van der Waals surface area contributed by atoms with Crippen molar-refractivity contribution in [3.63, 3.8) is 0 Å². The number of hydrogen-bond donors (Lipinski definition) is 3. The van der Waals surface area contributed by atoms with Crippen LogP contribution in [0.2, 0.25) is 0 Å². The maximum Gasteiger partial charge on any atom is 0.335 e. The van der Waals surface area contributed by atoms with E-state index in [2.05, 4.69) is 0 Å². The van der Waals surface area contributed by atoms with Crippen LogP contribution in [0, 0.1) is 0 Å². The van der Waals surface area contributed by atoms with Crippen molar-refractivity contribution in [1.29, 1.82) is 0 Å². The molecule has 0 aliphatic rings. The van der Waals surface area contributed by atoms with Crippen LogP contribution >= 0.6 is 0 Å². The molecule has 6 heteroatoms. The zero-order chi connectivity index (χ0) is 17.3. The van der Waals surface area contributed by atoms with Crippen LogP contribution in [-0.4, -0.2) is 26.7 Å². The number of carbonyl (C=O) groups is 2. The Morgan fingerprint density at radius 1 is 1.04 bits per heavy atom. The number of benzene rings is 2. The van der Waals surface area contributed by atoms with Crippen molar-refractivity contribution in [1.82, 2.24) is 4.57 Å². The number of nitrogens with two attached hydrogens (primary N) is 1. The Balaban J connectivity index is 2.06. The highest BCUT2D eigenvalue weighted by Gasteiger charge is 2.09. The molecule has 0 radical (unpaired) electrons. The predicted molar refractivity (Wildman–Crippen MR) is 91.3 cm³/mol. The molecule has 6 nitrogen and oxygen atoms in total. The number of aromatic nitrogens is 1. The third-order valence-electron chi connectivity index (χ3n) is 3.67. The Kier molecular flexibility index (Phi) is 3.79. The molecule has 0 atom stereocenters. The zero-order valence-electron chi connectivity index (χ0n) is 12.5. The van der Waals surface area contributed by atoms with Gasteiger partial charge in [-0.25, -0.2) is 9.59 Å². The lowest BCUT2D eigenvalue weighted by atomic mass is 10.1. The Bertz CT molecular complexity index is 969. The second kappa shape index (κ2) is 5.92. The van der Waals surface area contributed by atoms with E-state index in [1.54, 1.807) is 24.4 Å². The third-order valence-corrected chi connectivity index (χ3v) is 3.67. The first-order chi connectivity index (χ1) is 11.5. The smallest absolute Gasteiger partial charge is 0.335 e. The molecule has 1 heterocycles. The molecule has 0 saturated carbocycles. The Labute approximate surface area is 137 Å². The number of nitrogens with zero attached hydrogens (tertiary/aromatic N) is 1. The minimum absolute atomic E-state index is 0.212. The van der Waals surface area contributed by atoms with Crippen molar-refractivity contribution in [2.75, 3.05) is 5.73 Å². The van der Waals surface area contributed by atoms with Gasteiger partial charge in [0.2, 0.25) is 0 Å². The van der Waals surface area contributed by atoms with E-state index in [4.69, 9.17) is 15.9 Å². The van der Waals surface area contributed by atoms with E-state index in [-0.39, 0.29) is 5.56 Å². The fraction of sp³-hybridized carbons (Fsp3) is 0. The number of carboxylic acid groups (broad SMARTS) is 2. The molecule has 2 aromatic carbocycles. The van der Waals surface area contributed by atoms with Gasteiger partial charge in [0.1, 0.15) is 0 Å². The summed E-state index contributed by atoms with van der Waals surface area (Å²) in [6.07, 6.45) is 4.32. The van der Waals surface area contributed by atoms with Gasteiger partial charge in [0.15, 0.2) is 0 Å². The lowest BCUT2D eigenvalue weighted by Gasteiger charge is -2.06. The molecular weight excluding hydrogens is 308 g/mol. The first-order valence-electron chi connectivity index (χ1n) is 7.11. The van der Waals surface area contributed by atoms with Gasteiger partial charge in [0.05, 0.1) is 16.8 Å². The van der Waals surface area contributed by atoms with Gasteiger partial charge in [-0.2, -0.15) is 0 Å². The number of aliphatic carboxylic acids is 1. The molecule has 3 aromatic rings. The van der Waals surface area contributed by atoms with Crippen LogP contribution in [0.5, 0.6) is 0 Å². The van der Waals surface area contributed by atoms with Crippen LogP contribution in [0.3, 0.4) is 0 Å². The van der Waals surface area contributed by atoms with Gasteiger partial charge in [-0.3, -0.25) is 0 Å². The predicted octanol–water partition coefficient (Wildman–Crippen LogP) is 3.01. The molecular formula is C18H14N2O4. The van der Waals surface area contributed by atoms with Crippen LogP contribution < -0.4 is 5.73 Å². The molecule has 0 fully saturated rings. The van der Waals surface area contributed by atoms with Crippen molar-refractivity contribution >= 4 is 34.6 Å². The Morgan fingerprint density at radius 2 is 1.75 bits per heavy atom. The number of anilines is 1. The third kappa shape index (κ3) is 2.85. The van der Waals surface area contributed by atoms with Crippen LogP contribution in [0.25, 0.3) is 22.7 Å². The van der Waals surface area contributed by atoms with E-state index < -0.39 is 11.9 Å². The number of hydrogen-bond acceptors (Lipinski definition) is 3. The molecule has 120 valence electrons. The van der Waals surface area contributed by atoms with Crippen LogP contribution in [0.4, 0.5) is 5.69 Å². The highest BCUT2D eigenvalue weighted by molar-refractivity contribution is 5.95. The Morgan fingerprint density at radius 3 is 2.38 bits per heavy atom. The highest BCUT2D eigenvalue weighted by Crippen LogP contribution is 2.28. The molecule has 0 spiro atoms. The molecule has 0 saturated heterocycles. The average Bonchev–Trinajstić information content (AvgIpc) is 2.89. The first-order valence-corrected chi connectivity index (χ1v) is 7.11. The quantitative estimate of drug-likeness (QED) is 0.640. The molecule has 0 aliphatic heterocycles. The summed E-state index contributed by atoms with van der Waals surface area (Å²) in [5.74, 6) is -1.99. The van der Waals surface area contributed by atoms with E-state index in [0.29, 0.717) is 5.69 Å². The number of fused-ring (bicyclic) bond motifs is 1. The van der Waals surface area contributed by atoms with Crippen molar-refractivity contribution in [3.05, 3.63) is 65.9 Å². The standard InChI is InChI=1S/C18H14N2O4/c19-15-10-20(13-5-3-12(4-6-13)18(23)24)16-7-1-11(9-14(15)16)2-8-17(21)22/h1-10H,19H2,(H,21,22)(H,23,24)/b8-2+. The molecule has 0 unspecified atom stereocenters. The SMILES string of the molecule is Nc1cn(-c2ccc(C(=O)O)cc2)c2ccc(/C=C/C(=O)O)cc12. The minimum atomic E-state index is -1.01. The summed E-state index contributed by atoms with van der Waals surface area (Å²) >= 11 is 0. The molecule has 0 aliphatic carbocycles. The zero-order valence-corrected chi connectivity index (χ0v) is 12.5.